The standard InChI is InChI=1S/C23H30N2O2/c1-3-21(24-16-19-10-8-9-18(2)15-19)20-11-4-5-12-22(20)27-17-23(26)25-13-6-7-14-25/h4-5,8-12,15,21,24H,3,6-7,13-14,16-17H2,1-2H3. The van der Waals surface area contributed by atoms with E-state index >= 15 is 0 Å². The number of hydrogen-bond acceptors (Lipinski definition) is 3. The van der Waals surface area contributed by atoms with Crippen molar-refractivity contribution in [3.63, 3.8) is 0 Å². The van der Waals surface area contributed by atoms with E-state index in [-0.39, 0.29) is 18.6 Å². The van der Waals surface area contributed by atoms with Gasteiger partial charge in [0.05, 0.1) is 0 Å². The molecule has 1 heterocycles. The van der Waals surface area contributed by atoms with E-state index in [1.165, 1.54) is 11.1 Å². The maximum absolute atomic E-state index is 12.3. The predicted molar refractivity (Wildman–Crippen MR) is 109 cm³/mol. The van der Waals surface area contributed by atoms with Crippen LogP contribution in [0.3, 0.4) is 0 Å². The Hall–Kier alpha value is -2.33. The quantitative estimate of drug-likeness (QED) is 0.760. The summed E-state index contributed by atoms with van der Waals surface area (Å²) in [6.07, 6.45) is 3.15. The van der Waals surface area contributed by atoms with Crippen LogP contribution < -0.4 is 10.1 Å². The number of para-hydroxylation sites is 1. The molecule has 2 aromatic rings. The Labute approximate surface area is 162 Å². The highest BCUT2D eigenvalue weighted by molar-refractivity contribution is 5.78. The number of amides is 1. The monoisotopic (exact) mass is 366 g/mol. The van der Waals surface area contributed by atoms with Gasteiger partial charge in [-0.1, -0.05) is 55.0 Å². The van der Waals surface area contributed by atoms with E-state index in [1.807, 2.05) is 23.1 Å². The lowest BCUT2D eigenvalue weighted by Gasteiger charge is -2.22. The first-order valence-corrected chi connectivity index (χ1v) is 9.96. The number of hydrogen-bond donors (Lipinski definition) is 1. The molecule has 1 fully saturated rings. The van der Waals surface area contributed by atoms with Gasteiger partial charge in [-0.3, -0.25) is 4.79 Å². The third-order valence-electron chi connectivity index (χ3n) is 5.15. The number of likely N-dealkylation sites (tertiary alicyclic amines) is 1. The Morgan fingerprint density at radius 2 is 1.93 bits per heavy atom. The van der Waals surface area contributed by atoms with Crippen LogP contribution in [0.4, 0.5) is 0 Å². The van der Waals surface area contributed by atoms with E-state index in [4.69, 9.17) is 4.74 Å². The number of ether oxygens (including phenoxy) is 1. The smallest absolute Gasteiger partial charge is 0.260 e. The lowest BCUT2D eigenvalue weighted by atomic mass is 10.0. The normalized spacial score (nSPS) is 15.0. The summed E-state index contributed by atoms with van der Waals surface area (Å²) in [6, 6.07) is 16.8. The SMILES string of the molecule is CCC(NCc1cccc(C)c1)c1ccccc1OCC(=O)N1CCCC1. The molecule has 4 heteroatoms. The zero-order valence-corrected chi connectivity index (χ0v) is 16.4. The van der Waals surface area contributed by atoms with Crippen LogP contribution in [-0.2, 0) is 11.3 Å². The minimum Gasteiger partial charge on any atom is -0.483 e. The third kappa shape index (κ3) is 5.33. The molecule has 1 atom stereocenters. The summed E-state index contributed by atoms with van der Waals surface area (Å²) < 4.78 is 5.93. The molecule has 1 amide bonds. The van der Waals surface area contributed by atoms with Crippen molar-refractivity contribution in [2.45, 2.75) is 45.7 Å². The lowest BCUT2D eigenvalue weighted by Crippen LogP contribution is -2.32. The van der Waals surface area contributed by atoms with E-state index in [9.17, 15) is 4.79 Å². The van der Waals surface area contributed by atoms with Gasteiger partial charge < -0.3 is 15.0 Å². The summed E-state index contributed by atoms with van der Waals surface area (Å²) >= 11 is 0. The second kappa shape index (κ2) is 9.56. The molecule has 1 unspecified atom stereocenters. The Kier molecular flexibility index (Phi) is 6.88. The van der Waals surface area contributed by atoms with Crippen LogP contribution in [0, 0.1) is 6.92 Å². The number of carbonyl (C=O) groups is 1. The Morgan fingerprint density at radius 3 is 2.67 bits per heavy atom. The fourth-order valence-electron chi connectivity index (χ4n) is 3.63. The Morgan fingerprint density at radius 1 is 1.15 bits per heavy atom. The molecule has 0 spiro atoms. The number of nitrogens with zero attached hydrogens (tertiary/aromatic N) is 1. The minimum absolute atomic E-state index is 0.0862. The minimum atomic E-state index is 0.0862. The second-order valence-corrected chi connectivity index (χ2v) is 7.25. The van der Waals surface area contributed by atoms with Gasteiger partial charge in [0.25, 0.3) is 5.91 Å². The highest BCUT2D eigenvalue weighted by Crippen LogP contribution is 2.27. The largest absolute Gasteiger partial charge is 0.483 e. The van der Waals surface area contributed by atoms with Gasteiger partial charge in [0.15, 0.2) is 6.61 Å². The van der Waals surface area contributed by atoms with Crippen molar-refractivity contribution in [1.29, 1.82) is 0 Å². The zero-order chi connectivity index (χ0) is 19.1. The summed E-state index contributed by atoms with van der Waals surface area (Å²) in [5.41, 5.74) is 3.66. The van der Waals surface area contributed by atoms with Crippen molar-refractivity contribution < 1.29 is 9.53 Å². The zero-order valence-electron chi connectivity index (χ0n) is 16.4. The van der Waals surface area contributed by atoms with Crippen molar-refractivity contribution in [2.75, 3.05) is 19.7 Å². The summed E-state index contributed by atoms with van der Waals surface area (Å²) in [7, 11) is 0. The van der Waals surface area contributed by atoms with Gasteiger partial charge in [-0.2, -0.15) is 0 Å². The molecule has 1 N–H and O–H groups in total. The molecule has 144 valence electrons. The van der Waals surface area contributed by atoms with Crippen LogP contribution in [0.2, 0.25) is 0 Å². The van der Waals surface area contributed by atoms with Gasteiger partial charge in [-0.15, -0.1) is 0 Å². The summed E-state index contributed by atoms with van der Waals surface area (Å²) in [6.45, 7) is 6.92. The molecule has 1 aliphatic rings. The van der Waals surface area contributed by atoms with Crippen LogP contribution in [0.5, 0.6) is 5.75 Å². The molecule has 1 saturated heterocycles. The van der Waals surface area contributed by atoms with Gasteiger partial charge in [-0.25, -0.2) is 0 Å². The van der Waals surface area contributed by atoms with E-state index in [0.29, 0.717) is 0 Å². The first kappa shape index (κ1) is 19.4. The Balaban J connectivity index is 1.64. The first-order chi connectivity index (χ1) is 13.2. The average molecular weight is 367 g/mol. The topological polar surface area (TPSA) is 41.6 Å². The van der Waals surface area contributed by atoms with Crippen LogP contribution in [0.15, 0.2) is 48.5 Å². The summed E-state index contributed by atoms with van der Waals surface area (Å²) in [5, 5.41) is 3.64. The van der Waals surface area contributed by atoms with E-state index < -0.39 is 0 Å². The Bertz CT molecular complexity index is 754. The van der Waals surface area contributed by atoms with Gasteiger partial charge in [0.1, 0.15) is 5.75 Å². The van der Waals surface area contributed by atoms with Crippen molar-refractivity contribution in [3.05, 3.63) is 65.2 Å². The maximum atomic E-state index is 12.3. The molecule has 4 nitrogen and oxygen atoms in total. The molecule has 1 aliphatic heterocycles. The fourth-order valence-corrected chi connectivity index (χ4v) is 3.63. The van der Waals surface area contributed by atoms with Crippen molar-refractivity contribution in [2.24, 2.45) is 0 Å². The molecule has 2 aromatic carbocycles. The number of rotatable bonds is 8. The third-order valence-corrected chi connectivity index (χ3v) is 5.15. The second-order valence-electron chi connectivity index (χ2n) is 7.25. The molecule has 27 heavy (non-hydrogen) atoms. The molecular weight excluding hydrogens is 336 g/mol. The first-order valence-electron chi connectivity index (χ1n) is 9.96. The van der Waals surface area contributed by atoms with E-state index in [0.717, 1.165) is 50.2 Å². The molecule has 0 aliphatic carbocycles. The highest BCUT2D eigenvalue weighted by atomic mass is 16.5. The maximum Gasteiger partial charge on any atom is 0.260 e. The molecule has 0 bridgehead atoms. The predicted octanol–water partition coefficient (Wildman–Crippen LogP) is 4.24. The average Bonchev–Trinajstić information content (AvgIpc) is 3.22. The molecule has 3 rings (SSSR count). The van der Waals surface area contributed by atoms with Crippen molar-refractivity contribution in [3.8, 4) is 5.75 Å². The molecule has 0 saturated carbocycles. The number of carbonyl (C=O) groups excluding carboxylic acids is 1. The molecule has 0 radical (unpaired) electrons. The summed E-state index contributed by atoms with van der Waals surface area (Å²) in [4.78, 5) is 14.2. The van der Waals surface area contributed by atoms with Crippen LogP contribution in [0.1, 0.15) is 48.9 Å². The van der Waals surface area contributed by atoms with E-state index in [2.05, 4.69) is 49.5 Å². The number of benzene rings is 2. The lowest BCUT2D eigenvalue weighted by molar-refractivity contribution is -0.132. The highest BCUT2D eigenvalue weighted by Gasteiger charge is 2.20. The van der Waals surface area contributed by atoms with Crippen LogP contribution >= 0.6 is 0 Å². The van der Waals surface area contributed by atoms with Crippen LogP contribution in [0.25, 0.3) is 0 Å². The van der Waals surface area contributed by atoms with E-state index in [1.54, 1.807) is 0 Å². The van der Waals surface area contributed by atoms with Gasteiger partial charge in [-0.05, 0) is 37.8 Å². The fraction of sp³-hybridized carbons (Fsp3) is 0.435. The van der Waals surface area contributed by atoms with Crippen molar-refractivity contribution in [1.82, 2.24) is 10.2 Å². The molecular formula is C23H30N2O2. The van der Waals surface area contributed by atoms with Crippen molar-refractivity contribution >= 4 is 5.91 Å². The van der Waals surface area contributed by atoms with Gasteiger partial charge >= 0.3 is 0 Å². The van der Waals surface area contributed by atoms with Gasteiger partial charge in [0, 0.05) is 31.2 Å². The molecule has 0 aromatic heterocycles. The van der Waals surface area contributed by atoms with Gasteiger partial charge in [0.2, 0.25) is 0 Å². The number of nitrogens with one attached hydrogen (secondary N) is 1. The number of aryl methyl sites for hydroxylation is 1. The van der Waals surface area contributed by atoms with Crippen LogP contribution in [-0.4, -0.2) is 30.5 Å². The summed E-state index contributed by atoms with van der Waals surface area (Å²) in [5.74, 6) is 0.886.